The molecule has 5 nitrogen and oxygen atoms in total. The molecule has 0 spiro atoms. The molecule has 0 aromatic carbocycles. The maximum absolute atomic E-state index is 12.6. The molecule has 0 aliphatic carbocycles. The summed E-state index contributed by atoms with van der Waals surface area (Å²) in [5, 5.41) is 3.19. The summed E-state index contributed by atoms with van der Waals surface area (Å²) in [6.45, 7) is 4.79. The van der Waals surface area contributed by atoms with E-state index >= 15 is 0 Å². The van der Waals surface area contributed by atoms with Gasteiger partial charge < -0.3 is 5.32 Å². The lowest BCUT2D eigenvalue weighted by Crippen LogP contribution is -2.53. The Morgan fingerprint density at radius 3 is 2.28 bits per heavy atom. The van der Waals surface area contributed by atoms with Crippen LogP contribution in [0.25, 0.3) is 0 Å². The van der Waals surface area contributed by atoms with Crippen LogP contribution in [0.5, 0.6) is 0 Å². The predicted molar refractivity (Wildman–Crippen MR) is 72.5 cm³/mol. The van der Waals surface area contributed by atoms with E-state index in [0.29, 0.717) is 38.1 Å². The van der Waals surface area contributed by atoms with E-state index in [4.69, 9.17) is 0 Å². The van der Waals surface area contributed by atoms with Crippen molar-refractivity contribution >= 4 is 10.2 Å². The Bertz CT molecular complexity index is 372. The van der Waals surface area contributed by atoms with E-state index in [1.165, 1.54) is 0 Å². The molecule has 2 atom stereocenters. The van der Waals surface area contributed by atoms with Crippen LogP contribution in [0.15, 0.2) is 0 Å². The van der Waals surface area contributed by atoms with E-state index < -0.39 is 10.2 Å². The second-order valence-corrected chi connectivity index (χ2v) is 7.53. The number of nitrogens with one attached hydrogen (secondary N) is 1. The Labute approximate surface area is 111 Å². The van der Waals surface area contributed by atoms with Gasteiger partial charge in [-0.05, 0) is 38.6 Å². The summed E-state index contributed by atoms with van der Waals surface area (Å²) in [7, 11) is -1.33. The minimum Gasteiger partial charge on any atom is -0.316 e. The Morgan fingerprint density at radius 1 is 1.06 bits per heavy atom. The quantitative estimate of drug-likeness (QED) is 0.823. The molecule has 2 aliphatic rings. The summed E-state index contributed by atoms with van der Waals surface area (Å²) in [5.41, 5.74) is 0. The minimum absolute atomic E-state index is 0.302. The second-order valence-electron chi connectivity index (χ2n) is 5.60. The molecule has 2 unspecified atom stereocenters. The third kappa shape index (κ3) is 3.04. The van der Waals surface area contributed by atoms with Crippen molar-refractivity contribution in [2.75, 3.05) is 33.2 Å². The van der Waals surface area contributed by atoms with E-state index in [-0.39, 0.29) is 0 Å². The summed E-state index contributed by atoms with van der Waals surface area (Å²) < 4.78 is 28.5. The number of likely N-dealkylation sites (N-methyl/N-ethyl adjacent to an activating group) is 1. The number of nitrogens with zero attached hydrogens (tertiary/aromatic N) is 2. The highest BCUT2D eigenvalue weighted by Gasteiger charge is 2.34. The van der Waals surface area contributed by atoms with Crippen molar-refractivity contribution in [3.8, 4) is 0 Å². The number of piperidine rings is 2. The second kappa shape index (κ2) is 5.86. The van der Waals surface area contributed by atoms with Crippen molar-refractivity contribution < 1.29 is 8.42 Å². The summed E-state index contributed by atoms with van der Waals surface area (Å²) in [4.78, 5) is 0. The fourth-order valence-electron chi connectivity index (χ4n) is 2.91. The number of rotatable bonds is 3. The van der Waals surface area contributed by atoms with E-state index in [0.717, 1.165) is 25.7 Å². The van der Waals surface area contributed by atoms with Gasteiger partial charge in [-0.2, -0.15) is 17.0 Å². The van der Waals surface area contributed by atoms with Gasteiger partial charge in [0.2, 0.25) is 0 Å². The van der Waals surface area contributed by atoms with Gasteiger partial charge in [0.25, 0.3) is 10.2 Å². The Morgan fingerprint density at radius 2 is 1.67 bits per heavy atom. The van der Waals surface area contributed by atoms with Gasteiger partial charge in [-0.3, -0.25) is 0 Å². The summed E-state index contributed by atoms with van der Waals surface area (Å²) >= 11 is 0. The fraction of sp³-hybridized carbons (Fsp3) is 1.00. The van der Waals surface area contributed by atoms with Crippen LogP contribution in [-0.4, -0.2) is 56.3 Å². The van der Waals surface area contributed by atoms with Gasteiger partial charge in [-0.15, -0.1) is 0 Å². The lowest BCUT2D eigenvalue weighted by Gasteiger charge is -2.38. The number of hydrogen-bond acceptors (Lipinski definition) is 3. The first-order valence-electron chi connectivity index (χ1n) is 6.96. The average Bonchev–Trinajstić information content (AvgIpc) is 2.39. The third-order valence-electron chi connectivity index (χ3n) is 4.06. The highest BCUT2D eigenvalue weighted by Crippen LogP contribution is 2.22. The molecule has 106 valence electrons. The summed E-state index contributed by atoms with van der Waals surface area (Å²) in [5.74, 6) is 0.485. The van der Waals surface area contributed by atoms with Gasteiger partial charge >= 0.3 is 0 Å². The van der Waals surface area contributed by atoms with Crippen LogP contribution in [0.4, 0.5) is 0 Å². The molecule has 0 saturated carbocycles. The number of hydrogen-bond donors (Lipinski definition) is 1. The topological polar surface area (TPSA) is 52.7 Å². The zero-order valence-corrected chi connectivity index (χ0v) is 12.2. The molecule has 0 aromatic rings. The molecule has 2 aliphatic heterocycles. The predicted octanol–water partition coefficient (Wildman–Crippen LogP) is 0.647. The van der Waals surface area contributed by atoms with Crippen molar-refractivity contribution in [1.29, 1.82) is 0 Å². The summed E-state index contributed by atoms with van der Waals surface area (Å²) in [6.07, 6.45) is 4.15. The zero-order chi connectivity index (χ0) is 13.2. The molecule has 2 saturated heterocycles. The maximum atomic E-state index is 12.6. The Kier molecular flexibility index (Phi) is 4.64. The third-order valence-corrected chi connectivity index (χ3v) is 6.03. The standard InChI is InChI=1S/C12H25N3O2S/c1-11-5-3-7-14(9-11)18(16,17)15-8-4-6-12(10-15)13-2/h11-13H,3-10H2,1-2H3. The van der Waals surface area contributed by atoms with Crippen LogP contribution in [0.1, 0.15) is 32.6 Å². The van der Waals surface area contributed by atoms with Crippen molar-refractivity contribution in [3.05, 3.63) is 0 Å². The average molecular weight is 275 g/mol. The van der Waals surface area contributed by atoms with Gasteiger partial charge in [0.1, 0.15) is 0 Å². The lowest BCUT2D eigenvalue weighted by molar-refractivity contribution is 0.234. The molecule has 0 aromatic heterocycles. The molecule has 6 heteroatoms. The molecule has 2 heterocycles. The highest BCUT2D eigenvalue weighted by molar-refractivity contribution is 7.86. The van der Waals surface area contributed by atoms with Crippen LogP contribution in [0.3, 0.4) is 0 Å². The normalized spacial score (nSPS) is 32.6. The Balaban J connectivity index is 2.05. The van der Waals surface area contributed by atoms with Crippen LogP contribution in [0, 0.1) is 5.92 Å². The van der Waals surface area contributed by atoms with E-state index in [1.807, 2.05) is 7.05 Å². The SMILES string of the molecule is CNC1CCCN(S(=O)(=O)N2CCCC(C)C2)C1. The first-order valence-corrected chi connectivity index (χ1v) is 8.36. The molecule has 0 bridgehead atoms. The van der Waals surface area contributed by atoms with Crippen molar-refractivity contribution in [1.82, 2.24) is 13.9 Å². The summed E-state index contributed by atoms with van der Waals surface area (Å²) in [6, 6.07) is 0.302. The highest BCUT2D eigenvalue weighted by atomic mass is 32.2. The van der Waals surface area contributed by atoms with Crippen molar-refractivity contribution in [2.24, 2.45) is 5.92 Å². The van der Waals surface area contributed by atoms with E-state index in [9.17, 15) is 8.42 Å². The van der Waals surface area contributed by atoms with Gasteiger partial charge in [0.15, 0.2) is 0 Å². The monoisotopic (exact) mass is 275 g/mol. The van der Waals surface area contributed by atoms with Gasteiger partial charge in [-0.1, -0.05) is 6.92 Å². The maximum Gasteiger partial charge on any atom is 0.282 e. The Hall–Kier alpha value is -0.170. The minimum atomic E-state index is -3.23. The van der Waals surface area contributed by atoms with Crippen LogP contribution in [-0.2, 0) is 10.2 Å². The molecule has 0 radical (unpaired) electrons. The van der Waals surface area contributed by atoms with Gasteiger partial charge in [-0.25, -0.2) is 0 Å². The van der Waals surface area contributed by atoms with Crippen LogP contribution in [0.2, 0.25) is 0 Å². The molecule has 2 fully saturated rings. The molecular weight excluding hydrogens is 250 g/mol. The van der Waals surface area contributed by atoms with Crippen LogP contribution >= 0.6 is 0 Å². The van der Waals surface area contributed by atoms with Gasteiger partial charge in [0, 0.05) is 32.2 Å². The van der Waals surface area contributed by atoms with Crippen molar-refractivity contribution in [3.63, 3.8) is 0 Å². The molecule has 1 N–H and O–H groups in total. The molecule has 18 heavy (non-hydrogen) atoms. The molecular formula is C12H25N3O2S. The van der Waals surface area contributed by atoms with E-state index in [2.05, 4.69) is 12.2 Å². The van der Waals surface area contributed by atoms with Crippen LogP contribution < -0.4 is 5.32 Å². The molecule has 0 amide bonds. The van der Waals surface area contributed by atoms with Crippen molar-refractivity contribution in [2.45, 2.75) is 38.6 Å². The first-order chi connectivity index (χ1) is 8.54. The lowest BCUT2D eigenvalue weighted by atomic mass is 10.0. The van der Waals surface area contributed by atoms with E-state index in [1.54, 1.807) is 8.61 Å². The first kappa shape index (κ1) is 14.2. The largest absolute Gasteiger partial charge is 0.316 e. The fourth-order valence-corrected chi connectivity index (χ4v) is 4.76. The smallest absolute Gasteiger partial charge is 0.282 e. The zero-order valence-electron chi connectivity index (χ0n) is 11.4. The van der Waals surface area contributed by atoms with Gasteiger partial charge in [0.05, 0.1) is 0 Å². The molecule has 2 rings (SSSR count).